The maximum atomic E-state index is 12.9. The molecule has 1 saturated heterocycles. The Morgan fingerprint density at radius 3 is 2.84 bits per heavy atom. The van der Waals surface area contributed by atoms with Gasteiger partial charge in [0.05, 0.1) is 19.0 Å². The molecule has 3 heterocycles. The van der Waals surface area contributed by atoms with Crippen molar-refractivity contribution in [2.24, 2.45) is 0 Å². The number of rotatable bonds is 9. The maximum Gasteiger partial charge on any atom is 0.210 e. The van der Waals surface area contributed by atoms with E-state index in [1.54, 1.807) is 7.11 Å². The van der Waals surface area contributed by atoms with E-state index in [1.807, 2.05) is 44.2 Å². The van der Waals surface area contributed by atoms with E-state index in [4.69, 9.17) is 9.47 Å². The van der Waals surface area contributed by atoms with Crippen molar-refractivity contribution in [3.63, 3.8) is 0 Å². The Kier molecular flexibility index (Phi) is 6.94. The third-order valence-corrected chi connectivity index (χ3v) is 7.33. The number of hydrogen-bond acceptors (Lipinski definition) is 8. The zero-order valence-electron chi connectivity index (χ0n) is 17.9. The van der Waals surface area contributed by atoms with E-state index in [-0.39, 0.29) is 11.9 Å². The van der Waals surface area contributed by atoms with Crippen LogP contribution in [-0.4, -0.2) is 46.1 Å². The van der Waals surface area contributed by atoms with Crippen LogP contribution in [0.25, 0.3) is 0 Å². The van der Waals surface area contributed by atoms with Crippen molar-refractivity contribution >= 4 is 39.7 Å². The molecule has 0 radical (unpaired) electrons. The lowest BCUT2D eigenvalue weighted by atomic mass is 10.2. The summed E-state index contributed by atoms with van der Waals surface area (Å²) in [4.78, 5) is 12.9. The first-order valence-corrected chi connectivity index (χ1v) is 12.0. The van der Waals surface area contributed by atoms with Crippen LogP contribution in [0.4, 0.5) is 10.8 Å². The molecule has 0 spiro atoms. The number of benzene rings is 1. The fourth-order valence-corrected chi connectivity index (χ4v) is 5.33. The van der Waals surface area contributed by atoms with Gasteiger partial charge in [0, 0.05) is 35.8 Å². The lowest BCUT2D eigenvalue weighted by Crippen LogP contribution is -2.17. The molecular weight excluding hydrogens is 432 g/mol. The van der Waals surface area contributed by atoms with Gasteiger partial charge in [-0.2, -0.15) is 0 Å². The Morgan fingerprint density at radius 1 is 1.32 bits per heavy atom. The van der Waals surface area contributed by atoms with E-state index in [0.29, 0.717) is 10.9 Å². The molecule has 1 aliphatic rings. The van der Waals surface area contributed by atoms with E-state index in [9.17, 15) is 4.79 Å². The summed E-state index contributed by atoms with van der Waals surface area (Å²) in [6, 6.07) is 9.59. The number of hydrogen-bond donors (Lipinski definition) is 1. The van der Waals surface area contributed by atoms with Crippen LogP contribution in [0.3, 0.4) is 0 Å². The summed E-state index contributed by atoms with van der Waals surface area (Å²) in [7, 11) is 1.64. The monoisotopic (exact) mass is 458 g/mol. The summed E-state index contributed by atoms with van der Waals surface area (Å²) in [5.41, 5.74) is 3.80. The van der Waals surface area contributed by atoms with Crippen molar-refractivity contribution in [3.8, 4) is 5.75 Å². The predicted octanol–water partition coefficient (Wildman–Crippen LogP) is 4.86. The number of carbonyl (C=O) groups is 1. The summed E-state index contributed by atoms with van der Waals surface area (Å²) >= 11 is 2.85. The average Bonchev–Trinajstić information content (AvgIpc) is 3.51. The fraction of sp³-hybridized carbons (Fsp3) is 0.409. The van der Waals surface area contributed by atoms with Crippen LogP contribution in [-0.2, 0) is 11.3 Å². The minimum absolute atomic E-state index is 0.108. The molecule has 0 amide bonds. The highest BCUT2D eigenvalue weighted by atomic mass is 32.2. The molecule has 1 fully saturated rings. The summed E-state index contributed by atoms with van der Waals surface area (Å²) in [5.74, 6) is 1.24. The zero-order chi connectivity index (χ0) is 21.8. The van der Waals surface area contributed by atoms with E-state index in [1.165, 1.54) is 23.1 Å². The minimum Gasteiger partial charge on any atom is -0.497 e. The molecule has 31 heavy (non-hydrogen) atoms. The second-order valence-electron chi connectivity index (χ2n) is 7.47. The van der Waals surface area contributed by atoms with Crippen molar-refractivity contribution in [1.29, 1.82) is 0 Å². The lowest BCUT2D eigenvalue weighted by molar-refractivity contribution is 0.0957. The van der Waals surface area contributed by atoms with Gasteiger partial charge in [0.15, 0.2) is 10.1 Å². The largest absolute Gasteiger partial charge is 0.497 e. The Morgan fingerprint density at radius 2 is 2.13 bits per heavy atom. The van der Waals surface area contributed by atoms with E-state index < -0.39 is 0 Å². The summed E-state index contributed by atoms with van der Waals surface area (Å²) in [6.45, 7) is 5.72. The van der Waals surface area contributed by atoms with E-state index in [0.717, 1.165) is 58.7 Å². The standard InChI is InChI=1S/C22H26N4O3S2/c1-14-11-19(15(2)26(14)12-18-5-4-10-29-18)20(27)13-30-22-25-24-21(31-22)23-16-6-8-17(28-3)9-7-16/h6-9,11,18H,4-5,10,12-13H2,1-3H3,(H,23,24)/t18-/m0/s1. The van der Waals surface area contributed by atoms with Crippen LogP contribution < -0.4 is 10.1 Å². The van der Waals surface area contributed by atoms with Crippen LogP contribution in [0.5, 0.6) is 5.75 Å². The van der Waals surface area contributed by atoms with Crippen LogP contribution in [0, 0.1) is 13.8 Å². The molecule has 0 aliphatic carbocycles. The quantitative estimate of drug-likeness (QED) is 0.362. The number of nitrogens with one attached hydrogen (secondary N) is 1. The van der Waals surface area contributed by atoms with Gasteiger partial charge in [-0.1, -0.05) is 23.1 Å². The molecule has 1 aliphatic heterocycles. The molecule has 0 bridgehead atoms. The number of carbonyl (C=O) groups excluding carboxylic acids is 1. The van der Waals surface area contributed by atoms with Gasteiger partial charge in [-0.15, -0.1) is 10.2 Å². The molecule has 164 valence electrons. The molecule has 1 atom stereocenters. The molecule has 0 unspecified atom stereocenters. The van der Waals surface area contributed by atoms with Gasteiger partial charge in [-0.3, -0.25) is 4.79 Å². The van der Waals surface area contributed by atoms with Crippen molar-refractivity contribution in [3.05, 3.63) is 47.3 Å². The van der Waals surface area contributed by atoms with Gasteiger partial charge in [0.1, 0.15) is 5.75 Å². The number of methoxy groups -OCH3 is 1. The summed E-state index contributed by atoms with van der Waals surface area (Å²) in [6.07, 6.45) is 2.45. The van der Waals surface area contributed by atoms with Crippen LogP contribution in [0.15, 0.2) is 34.7 Å². The third kappa shape index (κ3) is 5.28. The number of thioether (sulfide) groups is 1. The number of nitrogens with zero attached hydrogens (tertiary/aromatic N) is 3. The second-order valence-corrected chi connectivity index (χ2v) is 9.67. The number of anilines is 2. The highest BCUT2D eigenvalue weighted by Crippen LogP contribution is 2.29. The van der Waals surface area contributed by atoms with Gasteiger partial charge in [0.2, 0.25) is 5.13 Å². The molecule has 3 aromatic rings. The zero-order valence-corrected chi connectivity index (χ0v) is 19.5. The summed E-state index contributed by atoms with van der Waals surface area (Å²) < 4.78 is 13.9. The van der Waals surface area contributed by atoms with Crippen molar-refractivity contribution < 1.29 is 14.3 Å². The number of aromatic nitrogens is 3. The first kappa shape index (κ1) is 21.9. The van der Waals surface area contributed by atoms with Gasteiger partial charge in [0.25, 0.3) is 0 Å². The lowest BCUT2D eigenvalue weighted by Gasteiger charge is -2.14. The fourth-order valence-electron chi connectivity index (χ4n) is 3.68. The smallest absolute Gasteiger partial charge is 0.210 e. The molecule has 7 nitrogen and oxygen atoms in total. The minimum atomic E-state index is 0.108. The Balaban J connectivity index is 1.34. The van der Waals surface area contributed by atoms with Crippen LogP contribution in [0.2, 0.25) is 0 Å². The molecule has 9 heteroatoms. The molecule has 0 saturated carbocycles. The molecule has 1 aromatic carbocycles. The second kappa shape index (κ2) is 9.84. The van der Waals surface area contributed by atoms with Gasteiger partial charge in [-0.25, -0.2) is 0 Å². The molecule has 4 rings (SSSR count). The Bertz CT molecular complexity index is 1040. The maximum absolute atomic E-state index is 12.9. The van der Waals surface area contributed by atoms with E-state index >= 15 is 0 Å². The van der Waals surface area contributed by atoms with Crippen molar-refractivity contribution in [2.75, 3.05) is 24.8 Å². The van der Waals surface area contributed by atoms with Crippen molar-refractivity contribution in [1.82, 2.24) is 14.8 Å². The Hall–Kier alpha value is -2.36. The molecular formula is C22H26N4O3S2. The highest BCUT2D eigenvalue weighted by molar-refractivity contribution is 8.01. The van der Waals surface area contributed by atoms with Crippen LogP contribution in [0.1, 0.15) is 34.6 Å². The predicted molar refractivity (Wildman–Crippen MR) is 124 cm³/mol. The van der Waals surface area contributed by atoms with Gasteiger partial charge in [-0.05, 0) is 57.0 Å². The molecule has 1 N–H and O–H groups in total. The number of Topliss-reactive ketones (excluding diaryl/α,β-unsaturated/α-hetero) is 1. The first-order chi connectivity index (χ1) is 15.0. The Labute approximate surface area is 190 Å². The van der Waals surface area contributed by atoms with Gasteiger partial charge < -0.3 is 19.4 Å². The topological polar surface area (TPSA) is 78.3 Å². The summed E-state index contributed by atoms with van der Waals surface area (Å²) in [5, 5.41) is 12.3. The van der Waals surface area contributed by atoms with Crippen LogP contribution >= 0.6 is 23.1 Å². The molecule has 2 aromatic heterocycles. The van der Waals surface area contributed by atoms with Gasteiger partial charge >= 0.3 is 0 Å². The SMILES string of the molecule is COc1ccc(Nc2nnc(SCC(=O)c3cc(C)n(C[C@@H]4CCCO4)c3C)s2)cc1. The average molecular weight is 459 g/mol. The normalized spacial score (nSPS) is 15.9. The number of ketones is 1. The first-order valence-electron chi connectivity index (χ1n) is 10.2. The number of aryl methyl sites for hydroxylation is 1. The third-order valence-electron chi connectivity index (χ3n) is 5.36. The number of ether oxygens (including phenoxy) is 2. The van der Waals surface area contributed by atoms with Crippen molar-refractivity contribution in [2.45, 2.75) is 43.7 Å². The highest BCUT2D eigenvalue weighted by Gasteiger charge is 2.21. The van der Waals surface area contributed by atoms with E-state index in [2.05, 4.69) is 20.1 Å².